The van der Waals surface area contributed by atoms with Crippen LogP contribution in [0.3, 0.4) is 0 Å². The molecular weight excluding hydrogens is 284 g/mol. The largest absolute Gasteiger partial charge is 0.437 e. The SMILES string of the molecule is C#CC(=O)OC1(C(=O)OC(=O)C2CCCCC2)CCCCC1. The lowest BCUT2D eigenvalue weighted by atomic mass is 9.84. The molecule has 0 radical (unpaired) electrons. The first-order valence-corrected chi connectivity index (χ1v) is 8.03. The topological polar surface area (TPSA) is 69.7 Å². The fraction of sp³-hybridized carbons (Fsp3) is 0.706. The quantitative estimate of drug-likeness (QED) is 0.347. The Morgan fingerprint density at radius 3 is 2.14 bits per heavy atom. The first kappa shape index (κ1) is 16.5. The molecular formula is C17H22O5. The van der Waals surface area contributed by atoms with Gasteiger partial charge in [0.2, 0.25) is 5.60 Å². The molecule has 2 fully saturated rings. The summed E-state index contributed by atoms with van der Waals surface area (Å²) in [7, 11) is 0. The van der Waals surface area contributed by atoms with Crippen LogP contribution < -0.4 is 0 Å². The lowest BCUT2D eigenvalue weighted by molar-refractivity contribution is -0.189. The van der Waals surface area contributed by atoms with E-state index in [0.717, 1.165) is 51.4 Å². The van der Waals surface area contributed by atoms with Crippen LogP contribution in [0.1, 0.15) is 64.2 Å². The molecule has 0 amide bonds. The van der Waals surface area contributed by atoms with Crippen molar-refractivity contribution in [2.24, 2.45) is 5.92 Å². The molecule has 5 nitrogen and oxygen atoms in total. The molecule has 0 bridgehead atoms. The maximum absolute atomic E-state index is 12.4. The van der Waals surface area contributed by atoms with Crippen LogP contribution in [0, 0.1) is 18.3 Å². The Bertz CT molecular complexity index is 476. The van der Waals surface area contributed by atoms with Gasteiger partial charge in [0.15, 0.2) is 0 Å². The molecule has 5 heteroatoms. The van der Waals surface area contributed by atoms with Gasteiger partial charge in [-0.2, -0.15) is 0 Å². The average molecular weight is 306 g/mol. The molecule has 0 aliphatic heterocycles. The Morgan fingerprint density at radius 1 is 0.955 bits per heavy atom. The molecule has 22 heavy (non-hydrogen) atoms. The van der Waals surface area contributed by atoms with Gasteiger partial charge in [0.05, 0.1) is 5.92 Å². The second-order valence-corrected chi connectivity index (χ2v) is 6.13. The summed E-state index contributed by atoms with van der Waals surface area (Å²) in [6, 6.07) is 0. The smallest absolute Gasteiger partial charge is 0.385 e. The van der Waals surface area contributed by atoms with Gasteiger partial charge >= 0.3 is 17.9 Å². The molecule has 0 aromatic heterocycles. The summed E-state index contributed by atoms with van der Waals surface area (Å²) < 4.78 is 10.2. The second-order valence-electron chi connectivity index (χ2n) is 6.13. The van der Waals surface area contributed by atoms with Crippen molar-refractivity contribution in [1.29, 1.82) is 0 Å². The zero-order valence-electron chi connectivity index (χ0n) is 12.8. The molecule has 0 spiro atoms. The molecule has 2 rings (SSSR count). The summed E-state index contributed by atoms with van der Waals surface area (Å²) in [4.78, 5) is 36.0. The van der Waals surface area contributed by atoms with Gasteiger partial charge in [0.1, 0.15) is 0 Å². The Kier molecular flexibility index (Phi) is 5.59. The third-order valence-corrected chi connectivity index (χ3v) is 4.57. The van der Waals surface area contributed by atoms with Gasteiger partial charge in [-0.1, -0.05) is 25.7 Å². The molecule has 2 aliphatic rings. The van der Waals surface area contributed by atoms with E-state index in [1.165, 1.54) is 0 Å². The number of esters is 3. The van der Waals surface area contributed by atoms with E-state index >= 15 is 0 Å². The van der Waals surface area contributed by atoms with Gasteiger partial charge in [-0.05, 0) is 38.5 Å². The molecule has 2 saturated carbocycles. The lowest BCUT2D eigenvalue weighted by Crippen LogP contribution is -2.47. The van der Waals surface area contributed by atoms with Crippen molar-refractivity contribution in [3.8, 4) is 12.3 Å². The van der Waals surface area contributed by atoms with Crippen molar-refractivity contribution in [3.63, 3.8) is 0 Å². The number of hydrogen-bond donors (Lipinski definition) is 0. The fourth-order valence-electron chi connectivity index (χ4n) is 3.28. The van der Waals surface area contributed by atoms with Crippen molar-refractivity contribution in [3.05, 3.63) is 0 Å². The maximum atomic E-state index is 12.4. The number of hydrogen-bond acceptors (Lipinski definition) is 5. The monoisotopic (exact) mass is 306 g/mol. The number of terminal acetylenes is 1. The van der Waals surface area contributed by atoms with Crippen molar-refractivity contribution < 1.29 is 23.9 Å². The molecule has 120 valence electrons. The first-order valence-electron chi connectivity index (χ1n) is 8.03. The molecule has 0 heterocycles. The molecule has 0 N–H and O–H groups in total. The Labute approximate surface area is 130 Å². The van der Waals surface area contributed by atoms with Crippen LogP contribution in [0.5, 0.6) is 0 Å². The summed E-state index contributed by atoms with van der Waals surface area (Å²) in [5.74, 6) is -0.503. The number of rotatable bonds is 3. The molecule has 0 aromatic rings. The highest BCUT2D eigenvalue weighted by Crippen LogP contribution is 2.34. The lowest BCUT2D eigenvalue weighted by Gasteiger charge is -2.33. The minimum Gasteiger partial charge on any atom is -0.437 e. The first-order chi connectivity index (χ1) is 10.6. The molecule has 0 unspecified atom stereocenters. The predicted molar refractivity (Wildman–Crippen MR) is 78.4 cm³/mol. The average Bonchev–Trinajstić information content (AvgIpc) is 2.56. The van der Waals surface area contributed by atoms with Crippen molar-refractivity contribution in [2.75, 3.05) is 0 Å². The zero-order chi connectivity index (χ0) is 16.0. The van der Waals surface area contributed by atoms with E-state index < -0.39 is 23.5 Å². The van der Waals surface area contributed by atoms with Gasteiger partial charge in [-0.3, -0.25) is 4.79 Å². The number of ether oxygens (including phenoxy) is 2. The van der Waals surface area contributed by atoms with Gasteiger partial charge < -0.3 is 9.47 Å². The van der Waals surface area contributed by atoms with E-state index in [-0.39, 0.29) is 5.92 Å². The second kappa shape index (κ2) is 7.44. The van der Waals surface area contributed by atoms with Crippen LogP contribution in [0.4, 0.5) is 0 Å². The molecule has 2 aliphatic carbocycles. The van der Waals surface area contributed by atoms with E-state index in [1.54, 1.807) is 0 Å². The van der Waals surface area contributed by atoms with Crippen LogP contribution in [0.25, 0.3) is 0 Å². The summed E-state index contributed by atoms with van der Waals surface area (Å²) in [5, 5.41) is 0. The zero-order valence-corrected chi connectivity index (χ0v) is 12.8. The van der Waals surface area contributed by atoms with Crippen LogP contribution in [-0.4, -0.2) is 23.5 Å². The number of carbonyl (C=O) groups is 3. The summed E-state index contributed by atoms with van der Waals surface area (Å²) in [5.41, 5.74) is -1.38. The van der Waals surface area contributed by atoms with E-state index in [2.05, 4.69) is 0 Å². The summed E-state index contributed by atoms with van der Waals surface area (Å²) in [6.45, 7) is 0. The van der Waals surface area contributed by atoms with E-state index in [1.807, 2.05) is 5.92 Å². The van der Waals surface area contributed by atoms with Gasteiger partial charge in [0, 0.05) is 5.92 Å². The normalized spacial score (nSPS) is 21.4. The van der Waals surface area contributed by atoms with Crippen LogP contribution in [0.15, 0.2) is 0 Å². The maximum Gasteiger partial charge on any atom is 0.385 e. The highest BCUT2D eigenvalue weighted by Gasteiger charge is 2.46. The van der Waals surface area contributed by atoms with Gasteiger partial charge in [-0.25, -0.2) is 9.59 Å². The minimum absolute atomic E-state index is 0.221. The summed E-state index contributed by atoms with van der Waals surface area (Å²) in [6.07, 6.45) is 12.8. The summed E-state index contributed by atoms with van der Waals surface area (Å²) >= 11 is 0. The fourth-order valence-corrected chi connectivity index (χ4v) is 3.28. The number of carbonyl (C=O) groups excluding carboxylic acids is 3. The highest BCUT2D eigenvalue weighted by atomic mass is 16.6. The van der Waals surface area contributed by atoms with Gasteiger partial charge in [-0.15, -0.1) is 6.42 Å². The highest BCUT2D eigenvalue weighted by molar-refractivity contribution is 5.95. The molecule has 0 aromatic carbocycles. The standard InChI is InChI=1S/C17H22O5/c1-2-14(18)22-17(11-7-4-8-12-17)16(20)21-15(19)13-9-5-3-6-10-13/h1,13H,3-12H2. The van der Waals surface area contributed by atoms with E-state index in [9.17, 15) is 14.4 Å². The molecule has 0 atom stereocenters. The van der Waals surface area contributed by atoms with E-state index in [4.69, 9.17) is 15.9 Å². The Hall–Kier alpha value is -1.83. The van der Waals surface area contributed by atoms with Crippen molar-refractivity contribution in [2.45, 2.75) is 69.8 Å². The predicted octanol–water partition coefficient (Wildman–Crippen LogP) is 2.52. The van der Waals surface area contributed by atoms with E-state index in [0.29, 0.717) is 12.8 Å². The van der Waals surface area contributed by atoms with Gasteiger partial charge in [0.25, 0.3) is 0 Å². The van der Waals surface area contributed by atoms with Crippen molar-refractivity contribution >= 4 is 17.9 Å². The molecule has 0 saturated heterocycles. The Balaban J connectivity index is 2.03. The van der Waals surface area contributed by atoms with Crippen molar-refractivity contribution in [1.82, 2.24) is 0 Å². The van der Waals surface area contributed by atoms with Crippen LogP contribution >= 0.6 is 0 Å². The van der Waals surface area contributed by atoms with Crippen LogP contribution in [0.2, 0.25) is 0 Å². The third-order valence-electron chi connectivity index (χ3n) is 4.57. The third kappa shape index (κ3) is 3.88. The van der Waals surface area contributed by atoms with Crippen LogP contribution in [-0.2, 0) is 23.9 Å². The Morgan fingerprint density at radius 2 is 1.55 bits per heavy atom. The minimum atomic E-state index is -1.38.